The van der Waals surface area contributed by atoms with Gasteiger partial charge in [-0.05, 0) is 51.3 Å². The lowest BCUT2D eigenvalue weighted by molar-refractivity contribution is 0.00578. The van der Waals surface area contributed by atoms with E-state index in [1.807, 2.05) is 6.07 Å². The van der Waals surface area contributed by atoms with E-state index in [0.717, 1.165) is 42.2 Å². The molecule has 2 fully saturated rings. The topological polar surface area (TPSA) is 33.7 Å². The van der Waals surface area contributed by atoms with Gasteiger partial charge in [0.1, 0.15) is 0 Å². The Morgan fingerprint density at radius 1 is 1.25 bits per heavy atom. The first kappa shape index (κ1) is 18.2. The van der Waals surface area contributed by atoms with Gasteiger partial charge in [0.2, 0.25) is 0 Å². The fraction of sp³-hybridized carbons (Fsp3) is 0.667. The maximum Gasteiger partial charge on any atom is 0.494 e. The summed E-state index contributed by atoms with van der Waals surface area (Å²) >= 11 is 6.60. The first-order chi connectivity index (χ1) is 11.2. The lowest BCUT2D eigenvalue weighted by Gasteiger charge is -2.33. The van der Waals surface area contributed by atoms with Crippen molar-refractivity contribution in [3.8, 4) is 0 Å². The third-order valence-corrected chi connectivity index (χ3v) is 5.96. The number of benzene rings is 1. The Bertz CT molecular complexity index is 593. The second kappa shape index (κ2) is 6.62. The molecule has 132 valence electrons. The smallest absolute Gasteiger partial charge is 0.399 e. The van der Waals surface area contributed by atoms with Crippen molar-refractivity contribution < 1.29 is 9.31 Å². The zero-order chi connectivity index (χ0) is 17.5. The zero-order valence-electron chi connectivity index (χ0n) is 15.4. The Kier molecular flexibility index (Phi) is 5.02. The largest absolute Gasteiger partial charge is 0.494 e. The molecule has 0 saturated carbocycles. The summed E-state index contributed by atoms with van der Waals surface area (Å²) in [7, 11) is -0.368. The van der Waals surface area contributed by atoms with Crippen LogP contribution in [0.2, 0.25) is 5.02 Å². The van der Waals surface area contributed by atoms with Crippen molar-refractivity contribution in [2.24, 2.45) is 0 Å². The van der Waals surface area contributed by atoms with Crippen LogP contribution in [-0.4, -0.2) is 49.4 Å². The molecule has 1 aromatic carbocycles. The van der Waals surface area contributed by atoms with Gasteiger partial charge in [-0.25, -0.2) is 0 Å². The molecule has 1 unspecified atom stereocenters. The molecule has 0 bridgehead atoms. The summed E-state index contributed by atoms with van der Waals surface area (Å²) in [6.07, 6.45) is 0. The van der Waals surface area contributed by atoms with Gasteiger partial charge in [0.15, 0.2) is 0 Å². The van der Waals surface area contributed by atoms with Crippen LogP contribution in [0.3, 0.4) is 0 Å². The standard InChI is InChI=1S/C18H28BClN2O2/c1-6-22-10-9-21-16(12-22)14-8-7-13(11-15(14)20)19-23-17(2,3)18(4,5)24-19/h7-8,11,16,21H,6,9-10,12H2,1-5H3. The molecular formula is C18H28BClN2O2. The van der Waals surface area contributed by atoms with Gasteiger partial charge in [-0.1, -0.05) is 30.7 Å². The Morgan fingerprint density at radius 2 is 1.92 bits per heavy atom. The number of likely N-dealkylation sites (N-methyl/N-ethyl adjacent to an activating group) is 1. The second-order valence-corrected chi connectivity index (χ2v) is 8.18. The third-order valence-electron chi connectivity index (χ3n) is 5.63. The number of halogens is 1. The first-order valence-electron chi connectivity index (χ1n) is 8.84. The summed E-state index contributed by atoms with van der Waals surface area (Å²) in [4.78, 5) is 2.44. The van der Waals surface area contributed by atoms with Gasteiger partial charge in [0, 0.05) is 30.7 Å². The molecule has 4 nitrogen and oxygen atoms in total. The molecule has 3 rings (SSSR count). The van der Waals surface area contributed by atoms with Crippen LogP contribution in [0.15, 0.2) is 18.2 Å². The fourth-order valence-electron chi connectivity index (χ4n) is 3.26. The Balaban J connectivity index is 1.78. The van der Waals surface area contributed by atoms with E-state index in [1.165, 1.54) is 0 Å². The van der Waals surface area contributed by atoms with Crippen LogP contribution in [0.4, 0.5) is 0 Å². The van der Waals surface area contributed by atoms with Gasteiger partial charge in [0.05, 0.1) is 11.2 Å². The average Bonchev–Trinajstić information content (AvgIpc) is 2.75. The lowest BCUT2D eigenvalue weighted by atomic mass is 9.78. The van der Waals surface area contributed by atoms with Gasteiger partial charge in [-0.3, -0.25) is 0 Å². The Morgan fingerprint density at radius 3 is 2.50 bits per heavy atom. The molecule has 1 aromatic rings. The third kappa shape index (κ3) is 3.38. The van der Waals surface area contributed by atoms with Crippen molar-refractivity contribution in [3.05, 3.63) is 28.8 Å². The van der Waals surface area contributed by atoms with Gasteiger partial charge in [-0.15, -0.1) is 0 Å². The molecule has 2 saturated heterocycles. The van der Waals surface area contributed by atoms with E-state index in [-0.39, 0.29) is 24.4 Å². The van der Waals surface area contributed by atoms with E-state index in [2.05, 4.69) is 57.0 Å². The highest BCUT2D eigenvalue weighted by molar-refractivity contribution is 6.62. The first-order valence-corrected chi connectivity index (χ1v) is 9.22. The van der Waals surface area contributed by atoms with Crippen molar-refractivity contribution in [1.82, 2.24) is 10.2 Å². The maximum atomic E-state index is 6.60. The van der Waals surface area contributed by atoms with Crippen LogP contribution >= 0.6 is 11.6 Å². The van der Waals surface area contributed by atoms with Crippen LogP contribution in [-0.2, 0) is 9.31 Å². The predicted molar refractivity (Wildman–Crippen MR) is 100 cm³/mol. The second-order valence-electron chi connectivity index (χ2n) is 7.77. The molecule has 0 amide bonds. The van der Waals surface area contributed by atoms with Crippen LogP contribution in [0.25, 0.3) is 0 Å². The zero-order valence-corrected chi connectivity index (χ0v) is 16.1. The Hall–Kier alpha value is -0.585. The van der Waals surface area contributed by atoms with Crippen LogP contribution in [0, 0.1) is 0 Å². The molecule has 0 radical (unpaired) electrons. The van der Waals surface area contributed by atoms with E-state index in [0.29, 0.717) is 0 Å². The number of rotatable bonds is 3. The quantitative estimate of drug-likeness (QED) is 0.850. The molecular weight excluding hydrogens is 322 g/mol. The highest BCUT2D eigenvalue weighted by atomic mass is 35.5. The average molecular weight is 351 g/mol. The number of nitrogens with zero attached hydrogens (tertiary/aromatic N) is 1. The number of nitrogens with one attached hydrogen (secondary N) is 1. The van der Waals surface area contributed by atoms with Crippen LogP contribution < -0.4 is 10.8 Å². The van der Waals surface area contributed by atoms with Crippen molar-refractivity contribution in [2.75, 3.05) is 26.2 Å². The number of piperazine rings is 1. The SMILES string of the molecule is CCN1CCNC(c2ccc(B3OC(C)(C)C(C)(C)O3)cc2Cl)C1. The summed E-state index contributed by atoms with van der Waals surface area (Å²) in [5.74, 6) is 0. The molecule has 0 aliphatic carbocycles. The molecule has 0 spiro atoms. The maximum absolute atomic E-state index is 6.60. The van der Waals surface area contributed by atoms with Crippen molar-refractivity contribution >= 4 is 24.2 Å². The van der Waals surface area contributed by atoms with E-state index >= 15 is 0 Å². The highest BCUT2D eigenvalue weighted by Crippen LogP contribution is 2.37. The summed E-state index contributed by atoms with van der Waals surface area (Å²) in [6, 6.07) is 6.46. The minimum absolute atomic E-state index is 0.276. The summed E-state index contributed by atoms with van der Waals surface area (Å²) in [5.41, 5.74) is 1.45. The van der Waals surface area contributed by atoms with E-state index in [9.17, 15) is 0 Å². The molecule has 2 aliphatic rings. The van der Waals surface area contributed by atoms with Gasteiger partial charge in [0.25, 0.3) is 0 Å². The van der Waals surface area contributed by atoms with Crippen molar-refractivity contribution in [3.63, 3.8) is 0 Å². The fourth-order valence-corrected chi connectivity index (χ4v) is 3.58. The lowest BCUT2D eigenvalue weighted by Crippen LogP contribution is -2.45. The summed E-state index contributed by atoms with van der Waals surface area (Å²) < 4.78 is 12.2. The van der Waals surface area contributed by atoms with Gasteiger partial charge >= 0.3 is 7.12 Å². The molecule has 2 heterocycles. The van der Waals surface area contributed by atoms with Crippen molar-refractivity contribution in [2.45, 2.75) is 51.9 Å². The normalized spacial score (nSPS) is 26.8. The molecule has 0 aromatic heterocycles. The monoisotopic (exact) mass is 350 g/mol. The predicted octanol–water partition coefficient (Wildman–Crippen LogP) is 2.61. The van der Waals surface area contributed by atoms with E-state index in [4.69, 9.17) is 20.9 Å². The minimum Gasteiger partial charge on any atom is -0.399 e. The molecule has 1 atom stereocenters. The molecule has 24 heavy (non-hydrogen) atoms. The van der Waals surface area contributed by atoms with Crippen molar-refractivity contribution in [1.29, 1.82) is 0 Å². The summed E-state index contributed by atoms with van der Waals surface area (Å²) in [5, 5.41) is 4.34. The molecule has 1 N–H and O–H groups in total. The molecule has 6 heteroatoms. The van der Waals surface area contributed by atoms with Crippen LogP contribution in [0.1, 0.15) is 46.2 Å². The molecule has 2 aliphatic heterocycles. The van der Waals surface area contributed by atoms with E-state index < -0.39 is 0 Å². The van der Waals surface area contributed by atoms with E-state index in [1.54, 1.807) is 0 Å². The Labute approximate surface area is 151 Å². The number of hydrogen-bond donors (Lipinski definition) is 1. The minimum atomic E-state index is -0.368. The van der Waals surface area contributed by atoms with Gasteiger partial charge in [-0.2, -0.15) is 0 Å². The highest BCUT2D eigenvalue weighted by Gasteiger charge is 2.51. The van der Waals surface area contributed by atoms with Crippen LogP contribution in [0.5, 0.6) is 0 Å². The number of hydrogen-bond acceptors (Lipinski definition) is 4. The summed E-state index contributed by atoms with van der Waals surface area (Å²) in [6.45, 7) is 14.6. The van der Waals surface area contributed by atoms with Gasteiger partial charge < -0.3 is 19.5 Å².